The summed E-state index contributed by atoms with van der Waals surface area (Å²) in [6.07, 6.45) is 0. The number of pyridine rings is 1. The molecular weight excluding hydrogens is 442 g/mol. The van der Waals surface area contributed by atoms with E-state index in [-0.39, 0.29) is 12.2 Å². The molecule has 0 saturated carbocycles. The highest BCUT2D eigenvalue weighted by atomic mass is 16.6. The van der Waals surface area contributed by atoms with Crippen molar-refractivity contribution in [3.63, 3.8) is 0 Å². The summed E-state index contributed by atoms with van der Waals surface area (Å²) in [5, 5.41) is 5.43. The number of aryl methyl sites for hydroxylation is 1. The van der Waals surface area contributed by atoms with E-state index in [0.29, 0.717) is 41.7 Å². The van der Waals surface area contributed by atoms with E-state index in [4.69, 9.17) is 18.9 Å². The lowest BCUT2D eigenvalue weighted by molar-refractivity contribution is -0.123. The molecule has 1 aromatic heterocycles. The molecule has 34 heavy (non-hydrogen) atoms. The number of nitrogens with zero attached hydrogens (tertiary/aromatic N) is 1. The molecule has 3 amide bonds. The van der Waals surface area contributed by atoms with Crippen LogP contribution in [0.4, 0.5) is 10.5 Å². The molecule has 2 aromatic carbocycles. The number of anilines is 1. The molecule has 1 aliphatic heterocycles. The summed E-state index contributed by atoms with van der Waals surface area (Å²) in [7, 11) is 1.50. The Morgan fingerprint density at radius 2 is 1.82 bits per heavy atom. The summed E-state index contributed by atoms with van der Waals surface area (Å²) in [6, 6.07) is 11.5. The average Bonchev–Trinajstić information content (AvgIpc) is 2.83. The van der Waals surface area contributed by atoms with E-state index >= 15 is 0 Å². The summed E-state index contributed by atoms with van der Waals surface area (Å²) in [5.41, 5.74) is 2.43. The number of esters is 1. The molecule has 2 heterocycles. The lowest BCUT2D eigenvalue weighted by atomic mass is 10.0. The Morgan fingerprint density at radius 3 is 2.62 bits per heavy atom. The number of para-hydroxylation sites is 1. The maximum Gasteiger partial charge on any atom is 0.340 e. The molecule has 1 aliphatic rings. The first-order valence-electron chi connectivity index (χ1n) is 10.5. The second-order valence-electron chi connectivity index (χ2n) is 7.45. The lowest BCUT2D eigenvalue weighted by Gasteiger charge is -2.19. The Balaban J connectivity index is 1.38. The van der Waals surface area contributed by atoms with Gasteiger partial charge in [0.05, 0.1) is 23.4 Å². The van der Waals surface area contributed by atoms with Gasteiger partial charge in [0.1, 0.15) is 13.2 Å². The fourth-order valence-corrected chi connectivity index (χ4v) is 3.60. The minimum atomic E-state index is -0.789. The molecule has 2 N–H and O–H groups in total. The number of hydrogen-bond acceptors (Lipinski definition) is 8. The number of carbonyl (C=O) groups is 3. The van der Waals surface area contributed by atoms with Gasteiger partial charge in [0, 0.05) is 24.2 Å². The predicted octanol–water partition coefficient (Wildman–Crippen LogP) is 2.97. The fraction of sp³-hybridized carbons (Fsp3) is 0.250. The molecule has 0 fully saturated rings. The number of imide groups is 1. The second kappa shape index (κ2) is 10.2. The Kier molecular flexibility index (Phi) is 6.88. The summed E-state index contributed by atoms with van der Waals surface area (Å²) in [6.45, 7) is 2.09. The van der Waals surface area contributed by atoms with E-state index in [9.17, 15) is 14.4 Å². The number of carbonyl (C=O) groups excluding carboxylic acids is 3. The van der Waals surface area contributed by atoms with Gasteiger partial charge in [-0.2, -0.15) is 0 Å². The average molecular weight is 465 g/mol. The standard InChI is InChI=1S/C24H23N3O7/c1-14-16-5-3-4-6-17(16)26-18(12-31-2)22(14)23(29)34-13-21(28)27-24(30)25-15-7-8-19-20(11-15)33-10-9-32-19/h3-8,11H,9-10,12-13H2,1-2H3,(H2,25,27,28,30). The van der Waals surface area contributed by atoms with Gasteiger partial charge in [-0.1, -0.05) is 18.2 Å². The van der Waals surface area contributed by atoms with Crippen LogP contribution in [0, 0.1) is 6.92 Å². The van der Waals surface area contributed by atoms with Crippen molar-refractivity contribution in [3.05, 3.63) is 59.3 Å². The molecule has 176 valence electrons. The van der Waals surface area contributed by atoms with Gasteiger partial charge < -0.3 is 24.3 Å². The van der Waals surface area contributed by atoms with Crippen molar-refractivity contribution in [2.75, 3.05) is 32.2 Å². The quantitative estimate of drug-likeness (QED) is 0.533. The molecule has 0 aliphatic carbocycles. The van der Waals surface area contributed by atoms with Crippen LogP contribution in [0.3, 0.4) is 0 Å². The zero-order valence-electron chi connectivity index (χ0n) is 18.7. The molecule has 3 aromatic rings. The molecule has 0 spiro atoms. The van der Waals surface area contributed by atoms with Gasteiger partial charge in [0.15, 0.2) is 18.1 Å². The van der Waals surface area contributed by atoms with Crippen LogP contribution in [-0.4, -0.2) is 49.8 Å². The van der Waals surface area contributed by atoms with E-state index in [2.05, 4.69) is 15.6 Å². The summed E-state index contributed by atoms with van der Waals surface area (Å²) < 4.78 is 21.2. The monoisotopic (exact) mass is 465 g/mol. The Bertz CT molecular complexity index is 1260. The number of amides is 3. The summed E-state index contributed by atoms with van der Waals surface area (Å²) in [4.78, 5) is 41.6. The normalized spacial score (nSPS) is 12.2. The largest absolute Gasteiger partial charge is 0.486 e. The second-order valence-corrected chi connectivity index (χ2v) is 7.45. The van der Waals surface area contributed by atoms with Crippen LogP contribution in [0.5, 0.6) is 11.5 Å². The highest BCUT2D eigenvalue weighted by molar-refractivity contribution is 6.03. The number of fused-ring (bicyclic) bond motifs is 2. The molecule has 10 heteroatoms. The smallest absolute Gasteiger partial charge is 0.340 e. The maximum absolute atomic E-state index is 12.8. The van der Waals surface area contributed by atoms with Crippen molar-refractivity contribution in [2.24, 2.45) is 0 Å². The summed E-state index contributed by atoms with van der Waals surface area (Å²) >= 11 is 0. The molecule has 10 nitrogen and oxygen atoms in total. The first-order valence-corrected chi connectivity index (χ1v) is 10.5. The Labute approximate surface area is 195 Å². The Hall–Kier alpha value is -4.18. The van der Waals surface area contributed by atoms with Crippen LogP contribution < -0.4 is 20.1 Å². The molecule has 0 atom stereocenters. The van der Waals surface area contributed by atoms with Crippen molar-refractivity contribution >= 4 is 34.5 Å². The lowest BCUT2D eigenvalue weighted by Crippen LogP contribution is -2.37. The van der Waals surface area contributed by atoms with E-state index in [1.807, 2.05) is 24.3 Å². The van der Waals surface area contributed by atoms with Crippen LogP contribution in [0.1, 0.15) is 21.6 Å². The topological polar surface area (TPSA) is 125 Å². The van der Waals surface area contributed by atoms with E-state index in [1.54, 1.807) is 25.1 Å². The number of ether oxygens (including phenoxy) is 4. The van der Waals surface area contributed by atoms with Gasteiger partial charge in [-0.05, 0) is 30.7 Å². The molecule has 0 radical (unpaired) electrons. The first kappa shape index (κ1) is 23.0. The van der Waals surface area contributed by atoms with Gasteiger partial charge in [-0.25, -0.2) is 14.6 Å². The number of hydrogen-bond donors (Lipinski definition) is 2. The van der Waals surface area contributed by atoms with Crippen molar-refractivity contribution in [1.29, 1.82) is 0 Å². The van der Waals surface area contributed by atoms with E-state index < -0.39 is 24.5 Å². The van der Waals surface area contributed by atoms with Gasteiger partial charge in [-0.15, -0.1) is 0 Å². The van der Waals surface area contributed by atoms with Crippen LogP contribution in [0.2, 0.25) is 0 Å². The first-order chi connectivity index (χ1) is 16.5. The number of aromatic nitrogens is 1. The molecule has 0 saturated heterocycles. The molecular formula is C24H23N3O7. The van der Waals surface area contributed by atoms with Gasteiger partial charge in [0.25, 0.3) is 5.91 Å². The Morgan fingerprint density at radius 1 is 1.06 bits per heavy atom. The molecule has 0 unspecified atom stereocenters. The highest BCUT2D eigenvalue weighted by Crippen LogP contribution is 2.32. The third-order valence-electron chi connectivity index (χ3n) is 5.10. The van der Waals surface area contributed by atoms with Crippen LogP contribution >= 0.6 is 0 Å². The van der Waals surface area contributed by atoms with Gasteiger partial charge in [0.2, 0.25) is 0 Å². The van der Waals surface area contributed by atoms with Crippen LogP contribution in [-0.2, 0) is 20.9 Å². The zero-order chi connectivity index (χ0) is 24.1. The molecule has 0 bridgehead atoms. The van der Waals surface area contributed by atoms with Crippen molar-refractivity contribution < 1.29 is 33.3 Å². The number of nitrogens with one attached hydrogen (secondary N) is 2. The third kappa shape index (κ3) is 5.07. The third-order valence-corrected chi connectivity index (χ3v) is 5.10. The summed E-state index contributed by atoms with van der Waals surface area (Å²) in [5.74, 6) is -0.449. The predicted molar refractivity (Wildman–Crippen MR) is 122 cm³/mol. The van der Waals surface area contributed by atoms with Crippen LogP contribution in [0.15, 0.2) is 42.5 Å². The maximum atomic E-state index is 12.8. The number of benzene rings is 2. The highest BCUT2D eigenvalue weighted by Gasteiger charge is 2.21. The van der Waals surface area contributed by atoms with Crippen LogP contribution in [0.25, 0.3) is 10.9 Å². The fourth-order valence-electron chi connectivity index (χ4n) is 3.60. The van der Waals surface area contributed by atoms with Gasteiger partial charge in [-0.3, -0.25) is 10.1 Å². The van der Waals surface area contributed by atoms with Gasteiger partial charge >= 0.3 is 12.0 Å². The van der Waals surface area contributed by atoms with Crippen molar-refractivity contribution in [3.8, 4) is 11.5 Å². The molecule has 4 rings (SSSR count). The minimum Gasteiger partial charge on any atom is -0.486 e. The van der Waals surface area contributed by atoms with Crippen molar-refractivity contribution in [2.45, 2.75) is 13.5 Å². The van der Waals surface area contributed by atoms with Crippen molar-refractivity contribution in [1.82, 2.24) is 10.3 Å². The zero-order valence-corrected chi connectivity index (χ0v) is 18.7. The SMILES string of the molecule is COCc1nc2ccccc2c(C)c1C(=O)OCC(=O)NC(=O)Nc1ccc2c(c1)OCCO2. The number of rotatable bonds is 6. The minimum absolute atomic E-state index is 0.0975. The number of urea groups is 1. The van der Waals surface area contributed by atoms with E-state index in [0.717, 1.165) is 10.9 Å². The van der Waals surface area contributed by atoms with E-state index in [1.165, 1.54) is 7.11 Å². The number of methoxy groups -OCH3 is 1.